The maximum atomic E-state index is 14.0. The highest BCUT2D eigenvalue weighted by Gasteiger charge is 2.35. The van der Waals surface area contributed by atoms with Crippen LogP contribution in [0.15, 0.2) is 65.5 Å². The van der Waals surface area contributed by atoms with Crippen molar-refractivity contribution in [1.29, 1.82) is 0 Å². The zero-order chi connectivity index (χ0) is 22.7. The molecule has 1 aliphatic carbocycles. The van der Waals surface area contributed by atoms with Gasteiger partial charge in [0.05, 0.1) is 37.4 Å². The first kappa shape index (κ1) is 19.6. The van der Waals surface area contributed by atoms with Crippen LogP contribution < -0.4 is 19.8 Å². The summed E-state index contributed by atoms with van der Waals surface area (Å²) in [6.45, 7) is 0.313. The van der Waals surface area contributed by atoms with E-state index in [1.54, 1.807) is 22.8 Å². The number of pyridine rings is 1. The Labute approximate surface area is 189 Å². The summed E-state index contributed by atoms with van der Waals surface area (Å²) in [4.78, 5) is 27.5. The Morgan fingerprint density at radius 3 is 2.45 bits per heavy atom. The fourth-order valence-corrected chi connectivity index (χ4v) is 5.11. The number of ketones is 1. The third kappa shape index (κ3) is 2.73. The molecule has 0 fully saturated rings. The van der Waals surface area contributed by atoms with Crippen LogP contribution in [-0.4, -0.2) is 30.7 Å². The number of carbonyl (C=O) groups excluding carboxylic acids is 1. The molecular formula is C27H21NO5. The van der Waals surface area contributed by atoms with Crippen molar-refractivity contribution in [3.05, 3.63) is 87.7 Å². The lowest BCUT2D eigenvalue weighted by Crippen LogP contribution is -2.31. The van der Waals surface area contributed by atoms with E-state index in [0.29, 0.717) is 52.1 Å². The lowest BCUT2D eigenvalue weighted by molar-refractivity contribution is 0.104. The number of rotatable bonds is 4. The molecule has 4 aromatic rings. The van der Waals surface area contributed by atoms with E-state index in [-0.39, 0.29) is 17.4 Å². The van der Waals surface area contributed by atoms with Crippen molar-refractivity contribution >= 4 is 16.6 Å². The largest absolute Gasteiger partial charge is 0.493 e. The molecule has 0 N–H and O–H groups in total. The van der Waals surface area contributed by atoms with E-state index in [1.165, 1.54) is 14.2 Å². The SMILES string of the molecule is COc1ccc2c3c(n(C[C@H]4Cc5ccccc5O4)c(=O)c2c1OC)-c1ccccc1C3=O. The Bertz CT molecular complexity index is 1490. The van der Waals surface area contributed by atoms with E-state index in [0.717, 1.165) is 16.9 Å². The van der Waals surface area contributed by atoms with Gasteiger partial charge in [-0.1, -0.05) is 42.5 Å². The minimum atomic E-state index is -0.233. The minimum Gasteiger partial charge on any atom is -0.493 e. The van der Waals surface area contributed by atoms with Crippen molar-refractivity contribution in [2.45, 2.75) is 19.1 Å². The molecule has 0 radical (unpaired) electrons. The highest BCUT2D eigenvalue weighted by molar-refractivity contribution is 6.27. The summed E-state index contributed by atoms with van der Waals surface area (Å²) in [6.07, 6.45) is 0.474. The molecule has 2 aliphatic rings. The number of para-hydroxylation sites is 1. The first-order valence-corrected chi connectivity index (χ1v) is 10.8. The quantitative estimate of drug-likeness (QED) is 0.419. The number of hydrogen-bond acceptors (Lipinski definition) is 5. The van der Waals surface area contributed by atoms with Crippen LogP contribution in [0.25, 0.3) is 22.0 Å². The van der Waals surface area contributed by atoms with Gasteiger partial charge < -0.3 is 18.8 Å². The minimum absolute atomic E-state index is 0.0952. The van der Waals surface area contributed by atoms with Crippen LogP contribution in [0.4, 0.5) is 0 Å². The molecule has 164 valence electrons. The molecule has 0 bridgehead atoms. The predicted molar refractivity (Wildman–Crippen MR) is 125 cm³/mol. The second kappa shape index (κ2) is 7.24. The summed E-state index contributed by atoms with van der Waals surface area (Å²) in [5.74, 6) is 1.52. The van der Waals surface area contributed by atoms with Crippen molar-refractivity contribution in [3.8, 4) is 28.5 Å². The average molecular weight is 439 g/mol. The molecule has 0 unspecified atom stereocenters. The normalized spacial score (nSPS) is 15.7. The van der Waals surface area contributed by atoms with Crippen LogP contribution in [0.1, 0.15) is 21.5 Å². The molecule has 0 spiro atoms. The molecule has 6 nitrogen and oxygen atoms in total. The van der Waals surface area contributed by atoms with Crippen molar-refractivity contribution in [1.82, 2.24) is 4.57 Å². The number of hydrogen-bond donors (Lipinski definition) is 0. The Hall–Kier alpha value is -4.06. The molecular weight excluding hydrogens is 418 g/mol. The third-order valence-corrected chi connectivity index (χ3v) is 6.53. The lowest BCUT2D eigenvalue weighted by atomic mass is 10.0. The van der Waals surface area contributed by atoms with E-state index in [1.807, 2.05) is 42.5 Å². The molecule has 0 amide bonds. The first-order valence-electron chi connectivity index (χ1n) is 10.8. The maximum Gasteiger partial charge on any atom is 0.262 e. The van der Waals surface area contributed by atoms with Gasteiger partial charge in [-0.2, -0.15) is 0 Å². The molecule has 1 aliphatic heterocycles. The van der Waals surface area contributed by atoms with Gasteiger partial charge in [-0.05, 0) is 23.8 Å². The number of aromatic nitrogens is 1. The molecule has 0 saturated carbocycles. The van der Waals surface area contributed by atoms with Gasteiger partial charge in [0.25, 0.3) is 5.56 Å². The molecule has 33 heavy (non-hydrogen) atoms. The van der Waals surface area contributed by atoms with Crippen molar-refractivity contribution in [2.75, 3.05) is 14.2 Å². The van der Waals surface area contributed by atoms with Crippen LogP contribution >= 0.6 is 0 Å². The summed E-state index contributed by atoms with van der Waals surface area (Å²) in [5, 5.41) is 0.910. The Kier molecular flexibility index (Phi) is 4.30. The number of nitrogens with zero attached hydrogens (tertiary/aromatic N) is 1. The van der Waals surface area contributed by atoms with Gasteiger partial charge in [-0.15, -0.1) is 0 Å². The highest BCUT2D eigenvalue weighted by atomic mass is 16.5. The van der Waals surface area contributed by atoms with E-state index in [4.69, 9.17) is 14.2 Å². The fraction of sp³-hybridized carbons (Fsp3) is 0.185. The molecule has 6 heteroatoms. The number of carbonyl (C=O) groups is 1. The molecule has 2 heterocycles. The van der Waals surface area contributed by atoms with Gasteiger partial charge in [0.1, 0.15) is 11.9 Å². The van der Waals surface area contributed by atoms with Crippen LogP contribution in [0, 0.1) is 0 Å². The number of methoxy groups -OCH3 is 2. The summed E-state index contributed by atoms with van der Waals surface area (Å²) < 4.78 is 18.9. The fourth-order valence-electron chi connectivity index (χ4n) is 5.11. The maximum absolute atomic E-state index is 14.0. The zero-order valence-corrected chi connectivity index (χ0v) is 18.3. The molecule has 6 rings (SSSR count). The summed E-state index contributed by atoms with van der Waals surface area (Å²) >= 11 is 0. The molecule has 0 saturated heterocycles. The van der Waals surface area contributed by atoms with E-state index in [9.17, 15) is 9.59 Å². The summed E-state index contributed by atoms with van der Waals surface area (Å²) in [6, 6.07) is 18.8. The van der Waals surface area contributed by atoms with Gasteiger partial charge >= 0.3 is 0 Å². The second-order valence-corrected chi connectivity index (χ2v) is 8.29. The summed E-state index contributed by atoms with van der Waals surface area (Å²) in [5.41, 5.74) is 3.40. The Morgan fingerprint density at radius 1 is 0.939 bits per heavy atom. The highest BCUT2D eigenvalue weighted by Crippen LogP contribution is 2.43. The van der Waals surface area contributed by atoms with Crippen LogP contribution in [0.3, 0.4) is 0 Å². The van der Waals surface area contributed by atoms with Crippen molar-refractivity contribution in [3.63, 3.8) is 0 Å². The van der Waals surface area contributed by atoms with Gasteiger partial charge in [0.15, 0.2) is 17.3 Å². The molecule has 3 aromatic carbocycles. The Morgan fingerprint density at radius 2 is 1.70 bits per heavy atom. The third-order valence-electron chi connectivity index (χ3n) is 6.53. The predicted octanol–water partition coefficient (Wildman–Crippen LogP) is 4.23. The molecule has 1 atom stereocenters. The molecule has 1 aromatic heterocycles. The van der Waals surface area contributed by atoms with Crippen LogP contribution in [-0.2, 0) is 13.0 Å². The smallest absolute Gasteiger partial charge is 0.262 e. The monoisotopic (exact) mass is 439 g/mol. The van der Waals surface area contributed by atoms with Gasteiger partial charge in [-0.25, -0.2) is 0 Å². The number of benzene rings is 3. The first-order chi connectivity index (χ1) is 16.1. The second-order valence-electron chi connectivity index (χ2n) is 8.29. The van der Waals surface area contributed by atoms with Gasteiger partial charge in [0.2, 0.25) is 0 Å². The van der Waals surface area contributed by atoms with Gasteiger partial charge in [0, 0.05) is 22.9 Å². The number of ether oxygens (including phenoxy) is 3. The average Bonchev–Trinajstić information content (AvgIpc) is 3.39. The van der Waals surface area contributed by atoms with Crippen LogP contribution in [0.5, 0.6) is 17.2 Å². The number of fused-ring (bicyclic) bond motifs is 6. The van der Waals surface area contributed by atoms with Crippen molar-refractivity contribution < 1.29 is 19.0 Å². The van der Waals surface area contributed by atoms with Gasteiger partial charge in [-0.3, -0.25) is 9.59 Å². The topological polar surface area (TPSA) is 66.8 Å². The standard InChI is InChI=1S/C27H21NO5/c1-31-21-12-11-19-22-24(17-8-4-5-9-18(17)25(22)29)28(27(30)23(19)26(21)32-2)14-16-13-15-7-3-6-10-20(15)33-16/h3-12,16H,13-14H2,1-2H3/t16-/m1/s1. The zero-order valence-electron chi connectivity index (χ0n) is 18.3. The van der Waals surface area contributed by atoms with E-state index in [2.05, 4.69) is 0 Å². The lowest BCUT2D eigenvalue weighted by Gasteiger charge is -2.20. The van der Waals surface area contributed by atoms with Crippen molar-refractivity contribution in [2.24, 2.45) is 0 Å². The van der Waals surface area contributed by atoms with E-state index >= 15 is 0 Å². The van der Waals surface area contributed by atoms with Crippen LogP contribution in [0.2, 0.25) is 0 Å². The Balaban J connectivity index is 1.63. The summed E-state index contributed by atoms with van der Waals surface area (Å²) in [7, 11) is 3.03. The van der Waals surface area contributed by atoms with E-state index < -0.39 is 0 Å².